The van der Waals surface area contributed by atoms with Crippen molar-refractivity contribution in [2.24, 2.45) is 0 Å². The second-order valence-corrected chi connectivity index (χ2v) is 7.17. The van der Waals surface area contributed by atoms with Crippen LogP contribution in [0.3, 0.4) is 0 Å². The van der Waals surface area contributed by atoms with Gasteiger partial charge in [-0.05, 0) is 24.5 Å². The van der Waals surface area contributed by atoms with Crippen LogP contribution in [0.25, 0.3) is 6.08 Å². The molecule has 0 bridgehead atoms. The molecule has 6 heteroatoms. The van der Waals surface area contributed by atoms with E-state index in [0.29, 0.717) is 25.9 Å². The number of nitrogens with zero attached hydrogens (tertiary/aromatic N) is 1. The molecule has 1 aromatic carbocycles. The minimum absolute atomic E-state index is 0.0379. The summed E-state index contributed by atoms with van der Waals surface area (Å²) in [6.45, 7) is 0.929. The SMILES string of the molecule is CS(=O)(=O)N1CCC(NC(=O)C=Cc2ccccc2)CC1. The van der Waals surface area contributed by atoms with Gasteiger partial charge < -0.3 is 5.32 Å². The topological polar surface area (TPSA) is 66.5 Å². The van der Waals surface area contributed by atoms with Gasteiger partial charge in [0.05, 0.1) is 6.26 Å². The molecule has 0 radical (unpaired) electrons. The van der Waals surface area contributed by atoms with E-state index >= 15 is 0 Å². The Morgan fingerprint density at radius 1 is 1.24 bits per heavy atom. The first-order valence-corrected chi connectivity index (χ1v) is 8.79. The van der Waals surface area contributed by atoms with Gasteiger partial charge in [-0.25, -0.2) is 12.7 Å². The maximum absolute atomic E-state index is 11.8. The van der Waals surface area contributed by atoms with Crippen LogP contribution in [0, 0.1) is 0 Å². The van der Waals surface area contributed by atoms with Crippen molar-refractivity contribution >= 4 is 22.0 Å². The van der Waals surface area contributed by atoms with Crippen molar-refractivity contribution in [3.8, 4) is 0 Å². The number of hydrogen-bond acceptors (Lipinski definition) is 3. The van der Waals surface area contributed by atoms with Gasteiger partial charge in [-0.3, -0.25) is 4.79 Å². The third kappa shape index (κ3) is 4.99. The third-order valence-electron chi connectivity index (χ3n) is 3.50. The van der Waals surface area contributed by atoms with Crippen molar-refractivity contribution in [3.05, 3.63) is 42.0 Å². The lowest BCUT2D eigenvalue weighted by Crippen LogP contribution is -2.45. The zero-order valence-corrected chi connectivity index (χ0v) is 12.8. The molecule has 1 fully saturated rings. The zero-order chi connectivity index (χ0) is 15.3. The monoisotopic (exact) mass is 308 g/mol. The summed E-state index contributed by atoms with van der Waals surface area (Å²) in [5.74, 6) is -0.142. The van der Waals surface area contributed by atoms with Gasteiger partial charge in [-0.1, -0.05) is 30.3 Å². The Morgan fingerprint density at radius 3 is 2.43 bits per heavy atom. The van der Waals surface area contributed by atoms with Crippen LogP contribution in [0.1, 0.15) is 18.4 Å². The summed E-state index contributed by atoms with van der Waals surface area (Å²) in [5, 5.41) is 2.91. The molecule has 2 rings (SSSR count). The number of carbonyl (C=O) groups excluding carboxylic acids is 1. The summed E-state index contributed by atoms with van der Waals surface area (Å²) in [6, 6.07) is 9.64. The fourth-order valence-electron chi connectivity index (χ4n) is 2.32. The van der Waals surface area contributed by atoms with E-state index in [4.69, 9.17) is 0 Å². The summed E-state index contributed by atoms with van der Waals surface area (Å²) in [7, 11) is -3.12. The summed E-state index contributed by atoms with van der Waals surface area (Å²) in [4.78, 5) is 11.8. The molecule has 1 amide bonds. The van der Waals surface area contributed by atoms with E-state index in [0.717, 1.165) is 5.56 Å². The highest BCUT2D eigenvalue weighted by atomic mass is 32.2. The minimum atomic E-state index is -3.12. The van der Waals surface area contributed by atoms with Crippen LogP contribution in [0.15, 0.2) is 36.4 Å². The van der Waals surface area contributed by atoms with Crippen LogP contribution in [-0.4, -0.2) is 44.0 Å². The first-order chi connectivity index (χ1) is 9.95. The number of sulfonamides is 1. The molecule has 114 valence electrons. The summed E-state index contributed by atoms with van der Waals surface area (Å²) in [5.41, 5.74) is 0.972. The van der Waals surface area contributed by atoms with Gasteiger partial charge in [0.1, 0.15) is 0 Å². The van der Waals surface area contributed by atoms with Gasteiger partial charge >= 0.3 is 0 Å². The maximum Gasteiger partial charge on any atom is 0.244 e. The number of benzene rings is 1. The molecule has 0 aromatic heterocycles. The van der Waals surface area contributed by atoms with Crippen LogP contribution in [-0.2, 0) is 14.8 Å². The smallest absolute Gasteiger partial charge is 0.244 e. The van der Waals surface area contributed by atoms with Crippen molar-refractivity contribution in [2.75, 3.05) is 19.3 Å². The molecule has 0 aliphatic carbocycles. The van der Waals surface area contributed by atoms with E-state index in [1.165, 1.54) is 16.6 Å². The van der Waals surface area contributed by atoms with Crippen molar-refractivity contribution in [3.63, 3.8) is 0 Å². The maximum atomic E-state index is 11.8. The Kier molecular flexibility index (Phi) is 5.14. The molecule has 1 aromatic rings. The van der Waals surface area contributed by atoms with Crippen LogP contribution in [0.4, 0.5) is 0 Å². The van der Waals surface area contributed by atoms with Crippen LogP contribution in [0.5, 0.6) is 0 Å². The van der Waals surface area contributed by atoms with E-state index in [1.807, 2.05) is 30.3 Å². The van der Waals surface area contributed by atoms with Crippen molar-refractivity contribution < 1.29 is 13.2 Å². The van der Waals surface area contributed by atoms with E-state index in [1.54, 1.807) is 6.08 Å². The molecule has 0 spiro atoms. The average molecular weight is 308 g/mol. The van der Waals surface area contributed by atoms with E-state index < -0.39 is 10.0 Å². The van der Waals surface area contributed by atoms with Gasteiger partial charge in [0.25, 0.3) is 0 Å². The standard InChI is InChI=1S/C15H20N2O3S/c1-21(19,20)17-11-9-14(10-12-17)16-15(18)8-7-13-5-3-2-4-6-13/h2-8,14H,9-12H2,1H3,(H,16,18). The molecule has 1 aliphatic rings. The quantitative estimate of drug-likeness (QED) is 0.851. The highest BCUT2D eigenvalue weighted by molar-refractivity contribution is 7.88. The Balaban J connectivity index is 1.81. The molecule has 1 saturated heterocycles. The molecule has 1 aliphatic heterocycles. The average Bonchev–Trinajstić information content (AvgIpc) is 2.46. The Labute approximate surface area is 125 Å². The second-order valence-electron chi connectivity index (χ2n) is 5.19. The number of amides is 1. The van der Waals surface area contributed by atoms with Crippen LogP contribution in [0.2, 0.25) is 0 Å². The molecule has 0 saturated carbocycles. The van der Waals surface area contributed by atoms with Gasteiger partial charge in [0.15, 0.2) is 0 Å². The molecular formula is C15H20N2O3S. The number of piperidine rings is 1. The molecule has 1 N–H and O–H groups in total. The Morgan fingerprint density at radius 2 is 1.86 bits per heavy atom. The summed E-state index contributed by atoms with van der Waals surface area (Å²) >= 11 is 0. The first kappa shape index (κ1) is 15.7. The highest BCUT2D eigenvalue weighted by Crippen LogP contribution is 2.13. The lowest BCUT2D eigenvalue weighted by molar-refractivity contribution is -0.117. The minimum Gasteiger partial charge on any atom is -0.350 e. The largest absolute Gasteiger partial charge is 0.350 e. The fraction of sp³-hybridized carbons (Fsp3) is 0.400. The van der Waals surface area contributed by atoms with Crippen LogP contribution < -0.4 is 5.32 Å². The Bertz CT molecular complexity index is 603. The van der Waals surface area contributed by atoms with Gasteiger partial charge in [-0.15, -0.1) is 0 Å². The normalized spacial score (nSPS) is 18.0. The number of carbonyl (C=O) groups is 1. The molecule has 0 unspecified atom stereocenters. The predicted molar refractivity (Wildman–Crippen MR) is 83.1 cm³/mol. The highest BCUT2D eigenvalue weighted by Gasteiger charge is 2.25. The van der Waals surface area contributed by atoms with Gasteiger partial charge in [0, 0.05) is 25.2 Å². The van der Waals surface area contributed by atoms with Crippen molar-refractivity contribution in [1.82, 2.24) is 9.62 Å². The molecule has 21 heavy (non-hydrogen) atoms. The van der Waals surface area contributed by atoms with Crippen LogP contribution >= 0.6 is 0 Å². The molecule has 5 nitrogen and oxygen atoms in total. The Hall–Kier alpha value is -1.66. The molecule has 1 heterocycles. The zero-order valence-electron chi connectivity index (χ0n) is 12.0. The first-order valence-electron chi connectivity index (χ1n) is 6.94. The van der Waals surface area contributed by atoms with Gasteiger partial charge in [-0.2, -0.15) is 0 Å². The van der Waals surface area contributed by atoms with Gasteiger partial charge in [0.2, 0.25) is 15.9 Å². The third-order valence-corrected chi connectivity index (χ3v) is 4.80. The van der Waals surface area contributed by atoms with E-state index in [9.17, 15) is 13.2 Å². The number of hydrogen-bond donors (Lipinski definition) is 1. The summed E-state index contributed by atoms with van der Waals surface area (Å²) in [6.07, 6.45) is 5.80. The second kappa shape index (κ2) is 6.87. The fourth-order valence-corrected chi connectivity index (χ4v) is 3.19. The number of nitrogens with one attached hydrogen (secondary N) is 1. The lowest BCUT2D eigenvalue weighted by atomic mass is 10.1. The summed E-state index contributed by atoms with van der Waals surface area (Å²) < 4.78 is 24.3. The van der Waals surface area contributed by atoms with Crippen molar-refractivity contribution in [1.29, 1.82) is 0 Å². The predicted octanol–water partition coefficient (Wildman–Crippen LogP) is 1.24. The van der Waals surface area contributed by atoms with Crippen molar-refractivity contribution in [2.45, 2.75) is 18.9 Å². The lowest BCUT2D eigenvalue weighted by Gasteiger charge is -2.30. The molecular weight excluding hydrogens is 288 g/mol. The number of rotatable bonds is 4. The van der Waals surface area contributed by atoms with E-state index in [2.05, 4.69) is 5.32 Å². The van der Waals surface area contributed by atoms with E-state index in [-0.39, 0.29) is 11.9 Å². The molecule has 0 atom stereocenters.